The van der Waals surface area contributed by atoms with Crippen LogP contribution in [-0.2, 0) is 19.1 Å². The zero-order chi connectivity index (χ0) is 20.0. The molecule has 0 aromatic carbocycles. The molecule has 0 aromatic rings. The molecule has 160 valence electrons. The van der Waals surface area contributed by atoms with Gasteiger partial charge in [-0.05, 0) is 31.6 Å². The van der Waals surface area contributed by atoms with E-state index in [9.17, 15) is 9.59 Å². The summed E-state index contributed by atoms with van der Waals surface area (Å²) >= 11 is 0. The first-order chi connectivity index (χ1) is 13.2. The lowest BCUT2D eigenvalue weighted by molar-refractivity contribution is -0.144. The predicted molar refractivity (Wildman–Crippen MR) is 112 cm³/mol. The van der Waals surface area contributed by atoms with Gasteiger partial charge in [0.2, 0.25) is 0 Å². The number of carbonyl (C=O) groups is 2. The molecule has 0 spiro atoms. The molecule has 0 aliphatic carbocycles. The first-order valence-electron chi connectivity index (χ1n) is 11.4. The Hall–Kier alpha value is -1.06. The molecule has 0 aliphatic heterocycles. The summed E-state index contributed by atoms with van der Waals surface area (Å²) < 4.78 is 10.1. The SMILES string of the molecule is CCCCCC(CCCCC)CCCOC(=O)CCCCCCCOC=O. The summed E-state index contributed by atoms with van der Waals surface area (Å²) in [5.41, 5.74) is 0. The van der Waals surface area contributed by atoms with E-state index in [0.717, 1.165) is 44.4 Å². The van der Waals surface area contributed by atoms with Gasteiger partial charge in [-0.2, -0.15) is 0 Å². The molecule has 4 nitrogen and oxygen atoms in total. The Morgan fingerprint density at radius 3 is 1.96 bits per heavy atom. The molecule has 0 fully saturated rings. The van der Waals surface area contributed by atoms with Crippen LogP contribution >= 0.6 is 0 Å². The summed E-state index contributed by atoms with van der Waals surface area (Å²) in [4.78, 5) is 21.8. The molecule has 4 heteroatoms. The maximum Gasteiger partial charge on any atom is 0.305 e. The molecule has 0 amide bonds. The van der Waals surface area contributed by atoms with Crippen LogP contribution in [0.4, 0.5) is 0 Å². The monoisotopic (exact) mass is 384 g/mol. The van der Waals surface area contributed by atoms with Gasteiger partial charge in [0.15, 0.2) is 0 Å². The number of unbranched alkanes of at least 4 members (excludes halogenated alkanes) is 8. The second-order valence-corrected chi connectivity index (χ2v) is 7.71. The number of rotatable bonds is 21. The first-order valence-corrected chi connectivity index (χ1v) is 11.4. The van der Waals surface area contributed by atoms with Crippen LogP contribution in [0.2, 0.25) is 0 Å². The highest BCUT2D eigenvalue weighted by Gasteiger charge is 2.09. The molecular formula is C23H44O4. The summed E-state index contributed by atoms with van der Waals surface area (Å²) in [5.74, 6) is 0.762. The Balaban J connectivity index is 3.63. The van der Waals surface area contributed by atoms with E-state index in [2.05, 4.69) is 18.6 Å². The summed E-state index contributed by atoms with van der Waals surface area (Å²) in [6.07, 6.45) is 18.3. The standard InChI is InChI=1S/C23H44O4/c1-3-5-10-15-22(16-11-6-4-2)17-14-20-27-23(25)18-12-8-7-9-13-19-26-21-24/h21-22H,3-20H2,1-2H3. The van der Waals surface area contributed by atoms with Crippen LogP contribution in [0.3, 0.4) is 0 Å². The van der Waals surface area contributed by atoms with Crippen molar-refractivity contribution in [2.75, 3.05) is 13.2 Å². The van der Waals surface area contributed by atoms with Gasteiger partial charge >= 0.3 is 5.97 Å². The fraction of sp³-hybridized carbons (Fsp3) is 0.913. The number of hydrogen-bond acceptors (Lipinski definition) is 4. The fourth-order valence-electron chi connectivity index (χ4n) is 3.46. The molecule has 0 heterocycles. The van der Waals surface area contributed by atoms with Gasteiger partial charge < -0.3 is 9.47 Å². The average molecular weight is 385 g/mol. The molecule has 0 unspecified atom stereocenters. The van der Waals surface area contributed by atoms with E-state index in [1.54, 1.807) is 0 Å². The van der Waals surface area contributed by atoms with E-state index < -0.39 is 0 Å². The quantitative estimate of drug-likeness (QED) is 0.127. The van der Waals surface area contributed by atoms with Crippen LogP contribution in [0.5, 0.6) is 0 Å². The maximum absolute atomic E-state index is 11.8. The van der Waals surface area contributed by atoms with Crippen molar-refractivity contribution in [1.82, 2.24) is 0 Å². The van der Waals surface area contributed by atoms with Gasteiger partial charge in [0.05, 0.1) is 13.2 Å². The van der Waals surface area contributed by atoms with Gasteiger partial charge in [-0.25, -0.2) is 0 Å². The third-order valence-electron chi connectivity index (χ3n) is 5.16. The van der Waals surface area contributed by atoms with E-state index in [4.69, 9.17) is 4.74 Å². The lowest BCUT2D eigenvalue weighted by Gasteiger charge is -2.16. The topological polar surface area (TPSA) is 52.6 Å². The van der Waals surface area contributed by atoms with Gasteiger partial charge in [0, 0.05) is 6.42 Å². The minimum atomic E-state index is -0.0483. The highest BCUT2D eigenvalue weighted by molar-refractivity contribution is 5.69. The summed E-state index contributed by atoms with van der Waals surface area (Å²) in [6.45, 7) is 6.10. The molecule has 0 aliphatic rings. The Bertz CT molecular complexity index is 320. The highest BCUT2D eigenvalue weighted by atomic mass is 16.5. The molecule has 0 saturated heterocycles. The van der Waals surface area contributed by atoms with E-state index in [1.165, 1.54) is 57.8 Å². The van der Waals surface area contributed by atoms with E-state index in [-0.39, 0.29) is 5.97 Å². The van der Waals surface area contributed by atoms with Crippen LogP contribution < -0.4 is 0 Å². The smallest absolute Gasteiger partial charge is 0.305 e. The van der Waals surface area contributed by atoms with Crippen molar-refractivity contribution >= 4 is 12.4 Å². The van der Waals surface area contributed by atoms with Crippen molar-refractivity contribution in [3.8, 4) is 0 Å². The van der Waals surface area contributed by atoms with Crippen molar-refractivity contribution in [1.29, 1.82) is 0 Å². The number of ether oxygens (including phenoxy) is 2. The zero-order valence-electron chi connectivity index (χ0n) is 18.0. The Morgan fingerprint density at radius 2 is 1.33 bits per heavy atom. The second kappa shape index (κ2) is 21.2. The van der Waals surface area contributed by atoms with Crippen LogP contribution in [0.1, 0.15) is 117 Å². The first kappa shape index (κ1) is 25.9. The fourth-order valence-corrected chi connectivity index (χ4v) is 3.46. The van der Waals surface area contributed by atoms with Crippen LogP contribution in [0, 0.1) is 5.92 Å². The second-order valence-electron chi connectivity index (χ2n) is 7.71. The van der Waals surface area contributed by atoms with Gasteiger partial charge in [-0.3, -0.25) is 9.59 Å². The third-order valence-corrected chi connectivity index (χ3v) is 5.16. The minimum absolute atomic E-state index is 0.0483. The van der Waals surface area contributed by atoms with Crippen molar-refractivity contribution < 1.29 is 19.1 Å². The lowest BCUT2D eigenvalue weighted by Crippen LogP contribution is -2.08. The van der Waals surface area contributed by atoms with Gasteiger partial charge in [-0.1, -0.05) is 84.5 Å². The van der Waals surface area contributed by atoms with Crippen molar-refractivity contribution in [3.05, 3.63) is 0 Å². The lowest BCUT2D eigenvalue weighted by atomic mass is 9.91. The minimum Gasteiger partial charge on any atom is -0.468 e. The zero-order valence-corrected chi connectivity index (χ0v) is 18.0. The molecule has 0 aromatic heterocycles. The van der Waals surface area contributed by atoms with Crippen LogP contribution in [0.15, 0.2) is 0 Å². The highest BCUT2D eigenvalue weighted by Crippen LogP contribution is 2.22. The number of esters is 1. The van der Waals surface area contributed by atoms with Crippen molar-refractivity contribution in [2.24, 2.45) is 5.92 Å². The van der Waals surface area contributed by atoms with E-state index >= 15 is 0 Å². The van der Waals surface area contributed by atoms with E-state index in [0.29, 0.717) is 26.1 Å². The van der Waals surface area contributed by atoms with Crippen LogP contribution in [0.25, 0.3) is 0 Å². The molecule has 0 atom stereocenters. The molecule has 0 saturated carbocycles. The van der Waals surface area contributed by atoms with E-state index in [1.807, 2.05) is 0 Å². The van der Waals surface area contributed by atoms with Crippen LogP contribution in [-0.4, -0.2) is 25.7 Å². The van der Waals surface area contributed by atoms with Crippen molar-refractivity contribution in [2.45, 2.75) is 117 Å². The van der Waals surface area contributed by atoms with Gasteiger partial charge in [0.25, 0.3) is 6.47 Å². The number of hydrogen-bond donors (Lipinski definition) is 0. The van der Waals surface area contributed by atoms with Gasteiger partial charge in [0.1, 0.15) is 0 Å². The van der Waals surface area contributed by atoms with Crippen molar-refractivity contribution in [3.63, 3.8) is 0 Å². The van der Waals surface area contributed by atoms with Gasteiger partial charge in [-0.15, -0.1) is 0 Å². The molecule has 27 heavy (non-hydrogen) atoms. The summed E-state index contributed by atoms with van der Waals surface area (Å²) in [5, 5.41) is 0. The average Bonchev–Trinajstić information content (AvgIpc) is 2.67. The Kier molecular flexibility index (Phi) is 20.4. The Labute approximate surface area is 167 Å². The summed E-state index contributed by atoms with van der Waals surface area (Å²) in [7, 11) is 0. The molecule has 0 rings (SSSR count). The normalized spacial score (nSPS) is 10.9. The number of carbonyl (C=O) groups excluding carboxylic acids is 2. The Morgan fingerprint density at radius 1 is 0.741 bits per heavy atom. The molecule has 0 radical (unpaired) electrons. The third kappa shape index (κ3) is 19.5. The molecule has 0 bridgehead atoms. The summed E-state index contributed by atoms with van der Waals surface area (Å²) in [6, 6.07) is 0. The predicted octanol–water partition coefficient (Wildman–Crippen LogP) is 6.60. The maximum atomic E-state index is 11.8. The molecular weight excluding hydrogens is 340 g/mol. The largest absolute Gasteiger partial charge is 0.468 e. The molecule has 0 N–H and O–H groups in total.